The van der Waals surface area contributed by atoms with Gasteiger partial charge in [0.2, 0.25) is 0 Å². The number of nitrogens with zero attached hydrogens (tertiary/aromatic N) is 1. The minimum Gasteiger partial charge on any atom is -0.464 e. The second-order valence-corrected chi connectivity index (χ2v) is 3.31. The highest BCUT2D eigenvalue weighted by Crippen LogP contribution is 2.22. The van der Waals surface area contributed by atoms with Crippen LogP contribution in [0.3, 0.4) is 0 Å². The van der Waals surface area contributed by atoms with Gasteiger partial charge in [-0.15, -0.1) is 0 Å². The second kappa shape index (κ2) is 5.77. The second-order valence-electron chi connectivity index (χ2n) is 3.31. The lowest BCUT2D eigenvalue weighted by Crippen LogP contribution is -2.11. The molecule has 5 heteroatoms. The molecule has 0 saturated heterocycles. The molecule has 0 aliphatic carbocycles. The number of pyridine rings is 1. The van der Waals surface area contributed by atoms with Gasteiger partial charge in [0, 0.05) is 11.6 Å². The average molecular weight is 248 g/mol. The molecule has 0 aliphatic rings. The lowest BCUT2D eigenvalue weighted by Gasteiger charge is -2.08. The zero-order chi connectivity index (χ0) is 13.7. The topological polar surface area (TPSA) is 65.2 Å². The molecule has 0 aromatic carbocycles. The van der Waals surface area contributed by atoms with Crippen LogP contribution in [0.5, 0.6) is 0 Å². The van der Waals surface area contributed by atoms with Crippen molar-refractivity contribution in [3.05, 3.63) is 54.7 Å². The van der Waals surface area contributed by atoms with Crippen LogP contribution in [0.4, 0.5) is 10.1 Å². The maximum atomic E-state index is 13.7. The van der Waals surface area contributed by atoms with Gasteiger partial charge in [-0.1, -0.05) is 31.4 Å². The molecule has 0 fully saturated rings. The van der Waals surface area contributed by atoms with Crippen LogP contribution < -0.4 is 5.73 Å². The van der Waals surface area contributed by atoms with Crippen LogP contribution in [0.1, 0.15) is 16.2 Å². The smallest absolute Gasteiger partial charge is 0.358 e. The molecule has 1 aromatic heterocycles. The van der Waals surface area contributed by atoms with Crippen molar-refractivity contribution in [2.75, 3.05) is 12.8 Å². The highest BCUT2D eigenvalue weighted by Gasteiger charge is 2.17. The summed E-state index contributed by atoms with van der Waals surface area (Å²) in [7, 11) is 1.19. The molecule has 1 aromatic rings. The lowest BCUT2D eigenvalue weighted by molar-refractivity contribution is 0.0595. The van der Waals surface area contributed by atoms with Gasteiger partial charge in [-0.3, -0.25) is 0 Å². The molecular weight excluding hydrogens is 235 g/mol. The van der Waals surface area contributed by atoms with E-state index >= 15 is 0 Å². The fourth-order valence-electron chi connectivity index (χ4n) is 1.34. The average Bonchev–Trinajstić information content (AvgIpc) is 2.36. The Morgan fingerprint density at radius 1 is 1.50 bits per heavy atom. The first-order valence-corrected chi connectivity index (χ1v) is 5.05. The van der Waals surface area contributed by atoms with Crippen molar-refractivity contribution < 1.29 is 13.9 Å². The van der Waals surface area contributed by atoms with Crippen molar-refractivity contribution in [3.8, 4) is 0 Å². The number of esters is 1. The van der Waals surface area contributed by atoms with Gasteiger partial charge in [0.15, 0.2) is 11.5 Å². The molecule has 0 spiro atoms. The van der Waals surface area contributed by atoms with Gasteiger partial charge in [0.05, 0.1) is 12.8 Å². The van der Waals surface area contributed by atoms with Crippen LogP contribution in [-0.4, -0.2) is 18.1 Å². The molecule has 1 rings (SSSR count). The van der Waals surface area contributed by atoms with E-state index in [4.69, 9.17) is 5.73 Å². The van der Waals surface area contributed by atoms with Crippen LogP contribution >= 0.6 is 0 Å². The predicted octanol–water partition coefficient (Wildman–Crippen LogP) is 2.34. The summed E-state index contributed by atoms with van der Waals surface area (Å²) in [5, 5.41) is 0. The van der Waals surface area contributed by atoms with E-state index in [2.05, 4.69) is 22.9 Å². The Kier molecular flexibility index (Phi) is 4.37. The Bertz CT molecular complexity index is 536. The maximum Gasteiger partial charge on any atom is 0.358 e. The summed E-state index contributed by atoms with van der Waals surface area (Å²) < 4.78 is 18.3. The normalized spacial score (nSPS) is 10.9. The maximum absolute atomic E-state index is 13.7. The molecule has 0 bridgehead atoms. The van der Waals surface area contributed by atoms with Crippen molar-refractivity contribution in [2.45, 2.75) is 0 Å². The van der Waals surface area contributed by atoms with Crippen molar-refractivity contribution >= 4 is 17.2 Å². The standard InChI is InChI=1S/C13H13FN2O2/c1-4-6-8(5-2)11-9(14)7-10(15)12(16-11)13(17)18-3/h4-7H,1-2,15H2,3H3. The fourth-order valence-corrected chi connectivity index (χ4v) is 1.34. The molecule has 0 atom stereocenters. The van der Waals surface area contributed by atoms with E-state index in [-0.39, 0.29) is 17.1 Å². The first kappa shape index (κ1) is 13.6. The zero-order valence-corrected chi connectivity index (χ0v) is 9.94. The summed E-state index contributed by atoms with van der Waals surface area (Å²) in [4.78, 5) is 15.3. The number of hydrogen-bond acceptors (Lipinski definition) is 4. The van der Waals surface area contributed by atoms with Gasteiger partial charge in [-0.25, -0.2) is 14.2 Å². The van der Waals surface area contributed by atoms with Crippen LogP contribution in [-0.2, 0) is 4.74 Å². The number of allylic oxidation sites excluding steroid dienone is 4. The van der Waals surface area contributed by atoms with Gasteiger partial charge in [-0.2, -0.15) is 0 Å². The van der Waals surface area contributed by atoms with Crippen LogP contribution in [0, 0.1) is 5.82 Å². The zero-order valence-electron chi connectivity index (χ0n) is 9.94. The highest BCUT2D eigenvalue weighted by molar-refractivity contribution is 5.93. The first-order chi connectivity index (χ1) is 8.54. The van der Waals surface area contributed by atoms with E-state index < -0.39 is 11.8 Å². The molecule has 0 radical (unpaired) electrons. The third-order valence-corrected chi connectivity index (χ3v) is 2.17. The Labute approximate surface area is 104 Å². The van der Waals surface area contributed by atoms with Crippen molar-refractivity contribution in [3.63, 3.8) is 0 Å². The van der Waals surface area contributed by atoms with Gasteiger partial charge in [0.1, 0.15) is 5.69 Å². The Morgan fingerprint density at radius 2 is 2.17 bits per heavy atom. The van der Waals surface area contributed by atoms with E-state index in [1.807, 2.05) is 0 Å². The molecule has 0 amide bonds. The Balaban J connectivity index is 3.46. The monoisotopic (exact) mass is 248 g/mol. The SMILES string of the molecule is C=CC=C(C=C)c1nc(C(=O)OC)c(N)cc1F. The molecule has 0 saturated carbocycles. The number of methoxy groups -OCH3 is 1. The van der Waals surface area contributed by atoms with Crippen molar-refractivity contribution in [2.24, 2.45) is 0 Å². The number of halogens is 1. The number of nitrogens with two attached hydrogens (primary N) is 1. The Hall–Kier alpha value is -2.43. The third kappa shape index (κ3) is 2.63. The minimum atomic E-state index is -0.726. The largest absolute Gasteiger partial charge is 0.464 e. The number of anilines is 1. The predicted molar refractivity (Wildman–Crippen MR) is 68.3 cm³/mol. The number of rotatable bonds is 4. The minimum absolute atomic E-state index is 0.0282. The Morgan fingerprint density at radius 3 is 2.67 bits per heavy atom. The molecule has 0 aliphatic heterocycles. The van der Waals surface area contributed by atoms with E-state index in [0.29, 0.717) is 5.57 Å². The number of carbonyl (C=O) groups excluding carboxylic acids is 1. The van der Waals surface area contributed by atoms with E-state index in [1.165, 1.54) is 25.3 Å². The summed E-state index contributed by atoms with van der Waals surface area (Å²) >= 11 is 0. The summed E-state index contributed by atoms with van der Waals surface area (Å²) in [5.41, 5.74) is 5.67. The van der Waals surface area contributed by atoms with E-state index in [0.717, 1.165) is 6.07 Å². The summed E-state index contributed by atoms with van der Waals surface area (Å²) in [5.74, 6) is -1.37. The van der Waals surface area contributed by atoms with Crippen molar-refractivity contribution in [1.29, 1.82) is 0 Å². The third-order valence-electron chi connectivity index (χ3n) is 2.17. The van der Waals surface area contributed by atoms with Crippen LogP contribution in [0.15, 0.2) is 37.5 Å². The molecule has 18 heavy (non-hydrogen) atoms. The highest BCUT2D eigenvalue weighted by atomic mass is 19.1. The van der Waals surface area contributed by atoms with E-state index in [1.54, 1.807) is 0 Å². The fraction of sp³-hybridized carbons (Fsp3) is 0.0769. The number of nitrogen functional groups attached to an aromatic ring is 1. The molecule has 4 nitrogen and oxygen atoms in total. The van der Waals surface area contributed by atoms with Gasteiger partial charge in [0.25, 0.3) is 0 Å². The van der Waals surface area contributed by atoms with Crippen LogP contribution in [0.2, 0.25) is 0 Å². The van der Waals surface area contributed by atoms with Gasteiger partial charge < -0.3 is 10.5 Å². The first-order valence-electron chi connectivity index (χ1n) is 5.05. The molecule has 1 heterocycles. The number of aromatic nitrogens is 1. The number of ether oxygens (including phenoxy) is 1. The quantitative estimate of drug-likeness (QED) is 0.656. The number of carbonyl (C=O) groups is 1. The molecular formula is C13H13FN2O2. The molecule has 2 N–H and O–H groups in total. The van der Waals surface area contributed by atoms with Gasteiger partial charge in [-0.05, 0) is 0 Å². The lowest BCUT2D eigenvalue weighted by atomic mass is 10.1. The summed E-state index contributed by atoms with van der Waals surface area (Å²) in [6.45, 7) is 7.05. The molecule has 94 valence electrons. The molecule has 0 unspecified atom stereocenters. The van der Waals surface area contributed by atoms with Crippen molar-refractivity contribution in [1.82, 2.24) is 4.98 Å². The van der Waals surface area contributed by atoms with Gasteiger partial charge >= 0.3 is 5.97 Å². The van der Waals surface area contributed by atoms with Crippen LogP contribution in [0.25, 0.3) is 5.57 Å². The number of hydrogen-bond donors (Lipinski definition) is 1. The summed E-state index contributed by atoms with van der Waals surface area (Å²) in [6, 6.07) is 1.02. The van der Waals surface area contributed by atoms with E-state index in [9.17, 15) is 9.18 Å². The summed E-state index contributed by atoms with van der Waals surface area (Å²) in [6.07, 6.45) is 4.40.